The van der Waals surface area contributed by atoms with E-state index in [1.165, 1.54) is 5.56 Å². The van der Waals surface area contributed by atoms with Crippen molar-refractivity contribution in [2.75, 3.05) is 45.3 Å². The fraction of sp³-hybridized carbons (Fsp3) is 0.421. The van der Waals surface area contributed by atoms with Crippen LogP contribution < -0.4 is 14.8 Å². The lowest BCUT2D eigenvalue weighted by Gasteiger charge is -2.33. The van der Waals surface area contributed by atoms with Gasteiger partial charge >= 0.3 is 0 Å². The third-order valence-electron chi connectivity index (χ3n) is 4.52. The number of pyridine rings is 1. The lowest BCUT2D eigenvalue weighted by atomic mass is 10.1. The van der Waals surface area contributed by atoms with Crippen molar-refractivity contribution in [1.29, 1.82) is 0 Å². The quantitative estimate of drug-likeness (QED) is 0.922. The summed E-state index contributed by atoms with van der Waals surface area (Å²) >= 11 is 0. The average molecular weight is 341 g/mol. The van der Waals surface area contributed by atoms with Crippen LogP contribution in [0.25, 0.3) is 0 Å². The molecule has 0 radical (unpaired) electrons. The van der Waals surface area contributed by atoms with Crippen LogP contribution in [-0.4, -0.2) is 49.8 Å². The summed E-state index contributed by atoms with van der Waals surface area (Å²) < 4.78 is 17.2. The smallest absolute Gasteiger partial charge is 0.161 e. The van der Waals surface area contributed by atoms with Gasteiger partial charge < -0.3 is 19.5 Å². The summed E-state index contributed by atoms with van der Waals surface area (Å²) in [5, 5.41) is 3.08. The molecule has 1 aromatic carbocycles. The Balaban J connectivity index is 1.44. The Hall–Kier alpha value is -2.31. The minimum absolute atomic E-state index is 0.000685. The molecule has 25 heavy (non-hydrogen) atoms. The zero-order valence-electron chi connectivity index (χ0n) is 14.4. The molecule has 0 spiro atoms. The van der Waals surface area contributed by atoms with Gasteiger partial charge in [0.1, 0.15) is 25.1 Å². The molecule has 1 saturated heterocycles. The van der Waals surface area contributed by atoms with E-state index in [-0.39, 0.29) is 6.10 Å². The molecule has 1 N–H and O–H groups in total. The van der Waals surface area contributed by atoms with Gasteiger partial charge in [-0.3, -0.25) is 4.90 Å². The zero-order chi connectivity index (χ0) is 17.1. The van der Waals surface area contributed by atoms with Crippen molar-refractivity contribution in [2.24, 2.45) is 0 Å². The van der Waals surface area contributed by atoms with Crippen LogP contribution in [0.1, 0.15) is 17.4 Å². The number of hydrogen-bond donors (Lipinski definition) is 1. The van der Waals surface area contributed by atoms with Crippen LogP contribution in [-0.2, 0) is 11.3 Å². The van der Waals surface area contributed by atoms with Crippen LogP contribution in [0, 0.1) is 0 Å². The van der Waals surface area contributed by atoms with Gasteiger partial charge in [0.25, 0.3) is 0 Å². The molecule has 1 atom stereocenters. The van der Waals surface area contributed by atoms with E-state index in [0.29, 0.717) is 19.8 Å². The maximum Gasteiger partial charge on any atom is 0.161 e. The van der Waals surface area contributed by atoms with Crippen molar-refractivity contribution in [3.63, 3.8) is 0 Å². The van der Waals surface area contributed by atoms with Crippen LogP contribution in [0.2, 0.25) is 0 Å². The zero-order valence-corrected chi connectivity index (χ0v) is 14.4. The van der Waals surface area contributed by atoms with Gasteiger partial charge in [0.2, 0.25) is 0 Å². The van der Waals surface area contributed by atoms with Crippen molar-refractivity contribution in [3.05, 3.63) is 47.7 Å². The van der Waals surface area contributed by atoms with Gasteiger partial charge in [0.15, 0.2) is 11.5 Å². The Bertz CT molecular complexity index is 738. The largest absolute Gasteiger partial charge is 0.486 e. The van der Waals surface area contributed by atoms with Gasteiger partial charge in [-0.1, -0.05) is 12.1 Å². The Kier molecular flexibility index (Phi) is 4.72. The Morgan fingerprint density at radius 2 is 2.00 bits per heavy atom. The molecule has 6 heteroatoms. The van der Waals surface area contributed by atoms with Crippen LogP contribution in [0.5, 0.6) is 11.5 Å². The first-order valence-electron chi connectivity index (χ1n) is 8.69. The van der Waals surface area contributed by atoms with E-state index in [4.69, 9.17) is 14.2 Å². The van der Waals surface area contributed by atoms with Crippen molar-refractivity contribution >= 4 is 5.82 Å². The third kappa shape index (κ3) is 3.70. The van der Waals surface area contributed by atoms with E-state index in [1.807, 2.05) is 31.3 Å². The number of morpholine rings is 1. The standard InChI is InChI=1S/C19H23N3O3/c1-20-19-4-2-3-15(21-19)18-13-22(7-8-23-18)12-14-5-6-16-17(11-14)25-10-9-24-16/h2-6,11,18H,7-10,12-13H2,1H3,(H,20,21)/t18-/m0/s1. The minimum Gasteiger partial charge on any atom is -0.486 e. The molecule has 3 heterocycles. The number of hydrogen-bond acceptors (Lipinski definition) is 6. The predicted molar refractivity (Wildman–Crippen MR) is 95.2 cm³/mol. The van der Waals surface area contributed by atoms with Gasteiger partial charge in [-0.15, -0.1) is 0 Å². The Morgan fingerprint density at radius 1 is 1.12 bits per heavy atom. The molecule has 2 aliphatic heterocycles. The van der Waals surface area contributed by atoms with Gasteiger partial charge in [-0.2, -0.15) is 0 Å². The SMILES string of the molecule is CNc1cccc([C@@H]2CN(Cc3ccc4c(c3)OCCO4)CCO2)n1. The van der Waals surface area contributed by atoms with Crippen molar-refractivity contribution < 1.29 is 14.2 Å². The van der Waals surface area contributed by atoms with Gasteiger partial charge in [0, 0.05) is 26.7 Å². The predicted octanol–water partition coefficient (Wildman–Crippen LogP) is 2.47. The molecule has 2 aromatic rings. The first-order chi connectivity index (χ1) is 12.3. The van der Waals surface area contributed by atoms with E-state index >= 15 is 0 Å². The maximum atomic E-state index is 5.95. The molecule has 1 fully saturated rings. The number of rotatable bonds is 4. The number of benzene rings is 1. The molecule has 4 rings (SSSR count). The molecule has 0 saturated carbocycles. The lowest BCUT2D eigenvalue weighted by Crippen LogP contribution is -2.38. The summed E-state index contributed by atoms with van der Waals surface area (Å²) in [7, 11) is 1.88. The highest BCUT2D eigenvalue weighted by Crippen LogP contribution is 2.31. The van der Waals surface area contributed by atoms with Crippen molar-refractivity contribution in [1.82, 2.24) is 9.88 Å². The van der Waals surface area contributed by atoms with Crippen molar-refractivity contribution in [3.8, 4) is 11.5 Å². The molecule has 0 aliphatic carbocycles. The van der Waals surface area contributed by atoms with E-state index in [1.54, 1.807) is 0 Å². The highest BCUT2D eigenvalue weighted by atomic mass is 16.6. The fourth-order valence-electron chi connectivity index (χ4n) is 3.24. The summed E-state index contributed by atoms with van der Waals surface area (Å²) in [5.41, 5.74) is 2.19. The highest BCUT2D eigenvalue weighted by Gasteiger charge is 2.23. The molecule has 6 nitrogen and oxygen atoms in total. The number of ether oxygens (including phenoxy) is 3. The molecule has 1 aromatic heterocycles. The van der Waals surface area contributed by atoms with Gasteiger partial charge in [-0.25, -0.2) is 4.98 Å². The van der Waals surface area contributed by atoms with Crippen LogP contribution in [0.15, 0.2) is 36.4 Å². The number of fused-ring (bicyclic) bond motifs is 1. The molecule has 0 amide bonds. The molecule has 132 valence electrons. The maximum absolute atomic E-state index is 5.95. The van der Waals surface area contributed by atoms with E-state index < -0.39 is 0 Å². The van der Waals surface area contributed by atoms with Gasteiger partial charge in [-0.05, 0) is 29.8 Å². The van der Waals surface area contributed by atoms with Gasteiger partial charge in [0.05, 0.1) is 12.3 Å². The minimum atomic E-state index is -0.000685. The topological polar surface area (TPSA) is 55.9 Å². The first kappa shape index (κ1) is 16.2. The normalized spacial score (nSPS) is 20.3. The fourth-order valence-corrected chi connectivity index (χ4v) is 3.24. The highest BCUT2D eigenvalue weighted by molar-refractivity contribution is 5.43. The molecule has 0 unspecified atom stereocenters. The van der Waals surface area contributed by atoms with E-state index in [0.717, 1.165) is 42.6 Å². The van der Waals surface area contributed by atoms with E-state index in [2.05, 4.69) is 27.3 Å². The average Bonchev–Trinajstić information content (AvgIpc) is 2.68. The summed E-state index contributed by atoms with van der Waals surface area (Å²) in [6, 6.07) is 12.2. The number of aromatic nitrogens is 1. The van der Waals surface area contributed by atoms with Crippen LogP contribution >= 0.6 is 0 Å². The number of anilines is 1. The molecular formula is C19H23N3O3. The van der Waals surface area contributed by atoms with Crippen LogP contribution in [0.3, 0.4) is 0 Å². The number of nitrogens with zero attached hydrogens (tertiary/aromatic N) is 2. The third-order valence-corrected chi connectivity index (χ3v) is 4.52. The summed E-state index contributed by atoms with van der Waals surface area (Å²) in [6.07, 6.45) is -0.000685. The lowest BCUT2D eigenvalue weighted by molar-refractivity contribution is -0.0349. The second kappa shape index (κ2) is 7.29. The molecule has 2 aliphatic rings. The monoisotopic (exact) mass is 341 g/mol. The first-order valence-corrected chi connectivity index (χ1v) is 8.69. The number of nitrogens with one attached hydrogen (secondary N) is 1. The second-order valence-electron chi connectivity index (χ2n) is 6.27. The Morgan fingerprint density at radius 3 is 2.88 bits per heavy atom. The van der Waals surface area contributed by atoms with Crippen LogP contribution in [0.4, 0.5) is 5.82 Å². The molecule has 0 bridgehead atoms. The van der Waals surface area contributed by atoms with Crippen molar-refractivity contribution in [2.45, 2.75) is 12.6 Å². The van der Waals surface area contributed by atoms with E-state index in [9.17, 15) is 0 Å². The summed E-state index contributed by atoms with van der Waals surface area (Å²) in [5.74, 6) is 2.55. The summed E-state index contributed by atoms with van der Waals surface area (Å²) in [4.78, 5) is 7.01. The molecular weight excluding hydrogens is 318 g/mol. The second-order valence-corrected chi connectivity index (χ2v) is 6.27. The Labute approximate surface area is 147 Å². The summed E-state index contributed by atoms with van der Waals surface area (Å²) in [6.45, 7) is 4.55.